The van der Waals surface area contributed by atoms with Gasteiger partial charge in [-0.3, -0.25) is 4.79 Å². The number of nitrogens with zero attached hydrogens (tertiary/aromatic N) is 1. The minimum Gasteiger partial charge on any atom is -0.484 e. The van der Waals surface area contributed by atoms with Crippen LogP contribution in [0, 0.1) is 3.57 Å². The summed E-state index contributed by atoms with van der Waals surface area (Å²) in [6.07, 6.45) is 3.48. The number of likely N-dealkylation sites (tertiary alicyclic amines) is 1. The molecule has 3 nitrogen and oxygen atoms in total. The van der Waals surface area contributed by atoms with Crippen LogP contribution in [-0.4, -0.2) is 30.5 Å². The molecular formula is C13H16INO2. The van der Waals surface area contributed by atoms with Gasteiger partial charge in [-0.25, -0.2) is 0 Å². The smallest absolute Gasteiger partial charge is 0.260 e. The average Bonchev–Trinajstić information content (AvgIpc) is 2.39. The van der Waals surface area contributed by atoms with Crippen molar-refractivity contribution in [2.24, 2.45) is 0 Å². The van der Waals surface area contributed by atoms with Crippen molar-refractivity contribution in [2.75, 3.05) is 19.7 Å². The second-order valence-electron chi connectivity index (χ2n) is 4.18. The van der Waals surface area contributed by atoms with Crippen molar-refractivity contribution >= 4 is 28.5 Å². The number of amides is 1. The summed E-state index contributed by atoms with van der Waals surface area (Å²) < 4.78 is 6.65. The Balaban J connectivity index is 1.81. The Bertz CT molecular complexity index is 372. The Labute approximate surface area is 115 Å². The quantitative estimate of drug-likeness (QED) is 0.789. The molecule has 1 heterocycles. The summed E-state index contributed by atoms with van der Waals surface area (Å²) in [6.45, 7) is 1.92. The van der Waals surface area contributed by atoms with Gasteiger partial charge in [-0.1, -0.05) is 0 Å². The van der Waals surface area contributed by atoms with Crippen LogP contribution in [0.1, 0.15) is 19.3 Å². The number of hydrogen-bond acceptors (Lipinski definition) is 2. The molecule has 1 aliphatic heterocycles. The predicted molar refractivity (Wildman–Crippen MR) is 75.1 cm³/mol. The first-order chi connectivity index (χ1) is 8.25. The maximum Gasteiger partial charge on any atom is 0.260 e. The molecule has 92 valence electrons. The van der Waals surface area contributed by atoms with Crippen LogP contribution in [-0.2, 0) is 4.79 Å². The molecule has 0 atom stereocenters. The Morgan fingerprint density at radius 3 is 2.47 bits per heavy atom. The summed E-state index contributed by atoms with van der Waals surface area (Å²) in [5.41, 5.74) is 0. The lowest BCUT2D eigenvalue weighted by Crippen LogP contribution is -2.38. The minimum atomic E-state index is 0.100. The zero-order valence-electron chi connectivity index (χ0n) is 9.69. The summed E-state index contributed by atoms with van der Waals surface area (Å²) in [7, 11) is 0. The van der Waals surface area contributed by atoms with E-state index < -0.39 is 0 Å². The fourth-order valence-electron chi connectivity index (χ4n) is 1.91. The lowest BCUT2D eigenvalue weighted by molar-refractivity contribution is -0.134. The van der Waals surface area contributed by atoms with E-state index in [0.29, 0.717) is 0 Å². The summed E-state index contributed by atoms with van der Waals surface area (Å²) >= 11 is 2.24. The van der Waals surface area contributed by atoms with Gasteiger partial charge in [-0.05, 0) is 66.1 Å². The molecule has 1 saturated heterocycles. The van der Waals surface area contributed by atoms with Gasteiger partial charge in [-0.2, -0.15) is 0 Å². The van der Waals surface area contributed by atoms with Crippen molar-refractivity contribution in [1.82, 2.24) is 4.90 Å². The molecule has 1 fully saturated rings. The fourth-order valence-corrected chi connectivity index (χ4v) is 2.27. The Kier molecular flexibility index (Phi) is 4.65. The molecule has 0 aromatic heterocycles. The van der Waals surface area contributed by atoms with Crippen molar-refractivity contribution in [2.45, 2.75) is 19.3 Å². The van der Waals surface area contributed by atoms with Crippen LogP contribution in [0.5, 0.6) is 5.75 Å². The zero-order valence-corrected chi connectivity index (χ0v) is 11.9. The number of benzene rings is 1. The number of carbonyl (C=O) groups excluding carboxylic acids is 1. The summed E-state index contributed by atoms with van der Waals surface area (Å²) in [5, 5.41) is 0. The van der Waals surface area contributed by atoms with Gasteiger partial charge in [0.25, 0.3) is 5.91 Å². The molecule has 0 saturated carbocycles. The van der Waals surface area contributed by atoms with Gasteiger partial charge in [0.15, 0.2) is 6.61 Å². The molecule has 1 aromatic rings. The molecule has 0 spiro atoms. The van der Waals surface area contributed by atoms with E-state index in [-0.39, 0.29) is 12.5 Å². The Morgan fingerprint density at radius 2 is 1.82 bits per heavy atom. The molecule has 17 heavy (non-hydrogen) atoms. The van der Waals surface area contributed by atoms with Crippen LogP contribution in [0.2, 0.25) is 0 Å². The summed E-state index contributed by atoms with van der Waals surface area (Å²) in [6, 6.07) is 7.74. The van der Waals surface area contributed by atoms with E-state index in [4.69, 9.17) is 4.74 Å². The summed E-state index contributed by atoms with van der Waals surface area (Å²) in [4.78, 5) is 13.7. The van der Waals surface area contributed by atoms with Crippen LogP contribution >= 0.6 is 22.6 Å². The second-order valence-corrected chi connectivity index (χ2v) is 5.43. The van der Waals surface area contributed by atoms with Gasteiger partial charge in [0.1, 0.15) is 5.75 Å². The van der Waals surface area contributed by atoms with Gasteiger partial charge >= 0.3 is 0 Å². The molecule has 0 unspecified atom stereocenters. The molecule has 1 aliphatic rings. The normalized spacial score (nSPS) is 15.7. The highest BCUT2D eigenvalue weighted by atomic mass is 127. The Hall–Kier alpha value is -0.780. The van der Waals surface area contributed by atoms with Gasteiger partial charge in [-0.15, -0.1) is 0 Å². The average molecular weight is 345 g/mol. The lowest BCUT2D eigenvalue weighted by Gasteiger charge is -2.26. The lowest BCUT2D eigenvalue weighted by atomic mass is 10.1. The predicted octanol–water partition coefficient (Wildman–Crippen LogP) is 2.68. The third kappa shape index (κ3) is 3.87. The van der Waals surface area contributed by atoms with E-state index in [2.05, 4.69) is 22.6 Å². The molecule has 0 radical (unpaired) electrons. The number of hydrogen-bond donors (Lipinski definition) is 0. The number of piperidine rings is 1. The summed E-state index contributed by atoms with van der Waals surface area (Å²) in [5.74, 6) is 0.860. The topological polar surface area (TPSA) is 29.5 Å². The number of halogens is 1. The highest BCUT2D eigenvalue weighted by molar-refractivity contribution is 14.1. The van der Waals surface area contributed by atoms with Gasteiger partial charge < -0.3 is 9.64 Å². The van der Waals surface area contributed by atoms with E-state index in [1.165, 1.54) is 6.42 Å². The van der Waals surface area contributed by atoms with Crippen molar-refractivity contribution < 1.29 is 9.53 Å². The minimum absolute atomic E-state index is 0.100. The third-order valence-electron chi connectivity index (χ3n) is 2.88. The molecule has 4 heteroatoms. The van der Waals surface area contributed by atoms with Crippen LogP contribution in [0.15, 0.2) is 24.3 Å². The van der Waals surface area contributed by atoms with Crippen LogP contribution in [0.25, 0.3) is 0 Å². The van der Waals surface area contributed by atoms with E-state index in [0.717, 1.165) is 35.3 Å². The number of carbonyl (C=O) groups is 1. The SMILES string of the molecule is O=C(COc1ccc(I)cc1)N1CCCCC1. The van der Waals surface area contributed by atoms with Crippen molar-refractivity contribution in [3.63, 3.8) is 0 Å². The van der Waals surface area contributed by atoms with E-state index in [1.54, 1.807) is 0 Å². The standard InChI is InChI=1S/C13H16INO2/c14-11-4-6-12(7-5-11)17-10-13(16)15-8-2-1-3-9-15/h4-7H,1-3,8-10H2. The van der Waals surface area contributed by atoms with E-state index in [1.807, 2.05) is 29.2 Å². The van der Waals surface area contributed by atoms with Crippen LogP contribution in [0.3, 0.4) is 0 Å². The molecular weight excluding hydrogens is 329 g/mol. The highest BCUT2D eigenvalue weighted by Crippen LogP contribution is 2.14. The maximum absolute atomic E-state index is 11.8. The van der Waals surface area contributed by atoms with Gasteiger partial charge in [0.2, 0.25) is 0 Å². The molecule has 0 bridgehead atoms. The largest absolute Gasteiger partial charge is 0.484 e. The molecule has 0 aliphatic carbocycles. The van der Waals surface area contributed by atoms with Gasteiger partial charge in [0.05, 0.1) is 0 Å². The first kappa shape index (κ1) is 12.7. The number of rotatable bonds is 3. The van der Waals surface area contributed by atoms with E-state index in [9.17, 15) is 4.79 Å². The highest BCUT2D eigenvalue weighted by Gasteiger charge is 2.16. The van der Waals surface area contributed by atoms with Crippen LogP contribution < -0.4 is 4.74 Å². The molecule has 0 N–H and O–H groups in total. The first-order valence-corrected chi connectivity index (χ1v) is 7.00. The molecule has 2 rings (SSSR count). The number of ether oxygens (including phenoxy) is 1. The molecule has 1 aromatic carbocycles. The van der Waals surface area contributed by atoms with Crippen molar-refractivity contribution in [3.8, 4) is 5.75 Å². The van der Waals surface area contributed by atoms with Crippen molar-refractivity contribution in [3.05, 3.63) is 27.8 Å². The maximum atomic E-state index is 11.8. The van der Waals surface area contributed by atoms with Gasteiger partial charge in [0, 0.05) is 16.7 Å². The first-order valence-electron chi connectivity index (χ1n) is 5.92. The van der Waals surface area contributed by atoms with Crippen LogP contribution in [0.4, 0.5) is 0 Å². The Morgan fingerprint density at radius 1 is 1.18 bits per heavy atom. The van der Waals surface area contributed by atoms with E-state index >= 15 is 0 Å². The molecule has 1 amide bonds. The van der Waals surface area contributed by atoms with Crippen molar-refractivity contribution in [1.29, 1.82) is 0 Å². The third-order valence-corrected chi connectivity index (χ3v) is 3.60. The fraction of sp³-hybridized carbons (Fsp3) is 0.462. The second kappa shape index (κ2) is 6.23. The monoisotopic (exact) mass is 345 g/mol. The zero-order chi connectivity index (χ0) is 12.1.